The van der Waals surface area contributed by atoms with Crippen LogP contribution in [0.5, 0.6) is 0 Å². The van der Waals surface area contributed by atoms with Crippen LogP contribution in [0.1, 0.15) is 13.8 Å². The minimum absolute atomic E-state index is 0.0948. The predicted molar refractivity (Wildman–Crippen MR) is 45.6 cm³/mol. The molecule has 0 bridgehead atoms. The fourth-order valence-electron chi connectivity index (χ4n) is 0.712. The highest BCUT2D eigenvalue weighted by Crippen LogP contribution is 2.27. The smallest absolute Gasteiger partial charge is 0.423 e. The van der Waals surface area contributed by atoms with Crippen molar-refractivity contribution in [3.05, 3.63) is 23.8 Å². The second kappa shape index (κ2) is 4.83. The third-order valence-electron chi connectivity index (χ3n) is 1.19. The van der Waals surface area contributed by atoms with Crippen molar-refractivity contribution in [1.82, 2.24) is 0 Å². The highest BCUT2D eigenvalue weighted by molar-refractivity contribution is 5.90. The molecule has 0 radical (unpaired) electrons. The molecule has 0 aromatic rings. The first-order valence-electron chi connectivity index (χ1n) is 3.90. The van der Waals surface area contributed by atoms with E-state index in [1.807, 2.05) is 0 Å². The topological polar surface area (TPSA) is 26.3 Å². The Kier molecular flexibility index (Phi) is 4.40. The lowest BCUT2D eigenvalue weighted by atomic mass is 10.2. The number of allylic oxidation sites excluding steroid dienone is 2. The molecule has 80 valence electrons. The Balaban J connectivity index is 4.93. The minimum atomic E-state index is -4.70. The van der Waals surface area contributed by atoms with Gasteiger partial charge in [-0.15, -0.1) is 0 Å². The van der Waals surface area contributed by atoms with E-state index in [-0.39, 0.29) is 12.2 Å². The summed E-state index contributed by atoms with van der Waals surface area (Å²) >= 11 is 0. The molecule has 0 atom stereocenters. The van der Waals surface area contributed by atoms with Crippen LogP contribution in [0.15, 0.2) is 23.8 Å². The number of hydrogen-bond acceptors (Lipinski definition) is 2. The van der Waals surface area contributed by atoms with Gasteiger partial charge >= 0.3 is 12.1 Å². The van der Waals surface area contributed by atoms with Crippen LogP contribution in [-0.4, -0.2) is 18.8 Å². The molecule has 0 aliphatic rings. The van der Waals surface area contributed by atoms with Crippen LogP contribution in [0.3, 0.4) is 0 Å². The van der Waals surface area contributed by atoms with Crippen molar-refractivity contribution >= 4 is 5.97 Å². The molecular formula is C9H11F3O2. The highest BCUT2D eigenvalue weighted by Gasteiger charge is 2.39. The summed E-state index contributed by atoms with van der Waals surface area (Å²) in [4.78, 5) is 10.9. The Morgan fingerprint density at radius 2 is 2.00 bits per heavy atom. The maximum Gasteiger partial charge on any atom is 0.423 e. The average Bonchev–Trinajstić information content (AvgIpc) is 1.98. The molecule has 0 saturated carbocycles. The Morgan fingerprint density at radius 1 is 1.50 bits per heavy atom. The van der Waals surface area contributed by atoms with Gasteiger partial charge in [-0.05, 0) is 19.9 Å². The minimum Gasteiger partial charge on any atom is -0.462 e. The molecule has 0 heterocycles. The van der Waals surface area contributed by atoms with Crippen LogP contribution in [0.25, 0.3) is 0 Å². The summed E-state index contributed by atoms with van der Waals surface area (Å²) in [5.74, 6) is -1.37. The summed E-state index contributed by atoms with van der Waals surface area (Å²) < 4.78 is 41.0. The summed E-state index contributed by atoms with van der Waals surface area (Å²) in [6.45, 7) is 5.98. The number of carbonyl (C=O) groups excluding carboxylic acids is 1. The number of halogens is 3. The van der Waals surface area contributed by atoms with Gasteiger partial charge in [0.1, 0.15) is 5.57 Å². The van der Waals surface area contributed by atoms with E-state index in [4.69, 9.17) is 0 Å². The maximum atomic E-state index is 12.2. The fourth-order valence-corrected chi connectivity index (χ4v) is 0.712. The molecule has 0 spiro atoms. The van der Waals surface area contributed by atoms with Crippen molar-refractivity contribution in [3.8, 4) is 0 Å². The molecule has 0 fully saturated rings. The zero-order valence-corrected chi connectivity index (χ0v) is 7.94. The molecule has 14 heavy (non-hydrogen) atoms. The van der Waals surface area contributed by atoms with Gasteiger partial charge in [-0.1, -0.05) is 12.2 Å². The van der Waals surface area contributed by atoms with Gasteiger partial charge in [0, 0.05) is 0 Å². The van der Waals surface area contributed by atoms with Gasteiger partial charge in [0.25, 0.3) is 0 Å². The molecule has 0 rings (SSSR count). The van der Waals surface area contributed by atoms with E-state index >= 15 is 0 Å². The van der Waals surface area contributed by atoms with Crippen LogP contribution < -0.4 is 0 Å². The largest absolute Gasteiger partial charge is 0.462 e. The normalized spacial score (nSPS) is 12.5. The van der Waals surface area contributed by atoms with Gasteiger partial charge in [0.2, 0.25) is 0 Å². The number of ether oxygens (including phenoxy) is 1. The monoisotopic (exact) mass is 208 g/mol. The molecule has 0 amide bonds. The molecule has 5 heteroatoms. The summed E-state index contributed by atoms with van der Waals surface area (Å²) in [5, 5.41) is 0. The van der Waals surface area contributed by atoms with Crippen molar-refractivity contribution in [2.45, 2.75) is 20.0 Å². The Labute approximate surface area is 80.1 Å². The van der Waals surface area contributed by atoms with Crippen LogP contribution in [0.2, 0.25) is 0 Å². The SMILES string of the molecule is C=C(C)/C=C(\C(=O)OCC)C(F)(F)F. The van der Waals surface area contributed by atoms with E-state index in [0.29, 0.717) is 6.08 Å². The van der Waals surface area contributed by atoms with Crippen molar-refractivity contribution in [2.75, 3.05) is 6.61 Å². The summed E-state index contributed by atoms with van der Waals surface area (Å²) in [6.07, 6.45) is -4.04. The van der Waals surface area contributed by atoms with Gasteiger partial charge in [-0.2, -0.15) is 13.2 Å². The lowest BCUT2D eigenvalue weighted by Crippen LogP contribution is -2.22. The maximum absolute atomic E-state index is 12.2. The molecule has 0 aromatic carbocycles. The molecule has 2 nitrogen and oxygen atoms in total. The summed E-state index contributed by atoms with van der Waals surface area (Å²) in [6, 6.07) is 0. The van der Waals surface area contributed by atoms with E-state index in [0.717, 1.165) is 0 Å². The van der Waals surface area contributed by atoms with Crippen LogP contribution in [0.4, 0.5) is 13.2 Å². The first-order valence-corrected chi connectivity index (χ1v) is 3.90. The summed E-state index contributed by atoms with van der Waals surface area (Å²) in [5.41, 5.74) is -1.18. The Morgan fingerprint density at radius 3 is 2.29 bits per heavy atom. The third-order valence-corrected chi connectivity index (χ3v) is 1.19. The first kappa shape index (κ1) is 12.7. The quantitative estimate of drug-likeness (QED) is 0.405. The van der Waals surface area contributed by atoms with Gasteiger partial charge in [0.15, 0.2) is 0 Å². The number of hydrogen-bond donors (Lipinski definition) is 0. The first-order chi connectivity index (χ1) is 6.29. The molecular weight excluding hydrogens is 197 g/mol. The van der Waals surface area contributed by atoms with Crippen LogP contribution >= 0.6 is 0 Å². The zero-order valence-electron chi connectivity index (χ0n) is 7.94. The molecule has 0 aromatic heterocycles. The van der Waals surface area contributed by atoms with Crippen molar-refractivity contribution in [3.63, 3.8) is 0 Å². The van der Waals surface area contributed by atoms with Crippen LogP contribution in [-0.2, 0) is 9.53 Å². The van der Waals surface area contributed by atoms with Crippen molar-refractivity contribution in [1.29, 1.82) is 0 Å². The Bertz CT molecular complexity index is 264. The van der Waals surface area contributed by atoms with E-state index in [2.05, 4.69) is 11.3 Å². The average molecular weight is 208 g/mol. The lowest BCUT2D eigenvalue weighted by molar-refractivity contribution is -0.150. The summed E-state index contributed by atoms with van der Waals surface area (Å²) in [7, 11) is 0. The van der Waals surface area contributed by atoms with Gasteiger partial charge in [0.05, 0.1) is 6.61 Å². The molecule has 0 unspecified atom stereocenters. The van der Waals surface area contributed by atoms with E-state index in [9.17, 15) is 18.0 Å². The number of carbonyl (C=O) groups is 1. The van der Waals surface area contributed by atoms with Crippen molar-refractivity contribution < 1.29 is 22.7 Å². The molecule has 0 saturated heterocycles. The van der Waals surface area contributed by atoms with E-state index in [1.54, 1.807) is 0 Å². The zero-order chi connectivity index (χ0) is 11.4. The van der Waals surface area contributed by atoms with Gasteiger partial charge < -0.3 is 4.74 Å². The Hall–Kier alpha value is -1.26. The number of esters is 1. The predicted octanol–water partition coefficient (Wildman–Crippen LogP) is 2.61. The van der Waals surface area contributed by atoms with Gasteiger partial charge in [-0.25, -0.2) is 4.79 Å². The number of alkyl halides is 3. The van der Waals surface area contributed by atoms with E-state index < -0.39 is 17.7 Å². The molecule has 0 N–H and O–H groups in total. The third kappa shape index (κ3) is 4.11. The standard InChI is InChI=1S/C9H11F3O2/c1-4-14-8(13)7(5-6(2)3)9(10,11)12/h5H,2,4H2,1,3H3/b7-5+. The highest BCUT2D eigenvalue weighted by atomic mass is 19.4. The lowest BCUT2D eigenvalue weighted by Gasteiger charge is -2.10. The van der Waals surface area contributed by atoms with Gasteiger partial charge in [-0.3, -0.25) is 0 Å². The number of rotatable bonds is 3. The van der Waals surface area contributed by atoms with E-state index in [1.165, 1.54) is 13.8 Å². The molecule has 0 aliphatic heterocycles. The van der Waals surface area contributed by atoms with Crippen LogP contribution in [0, 0.1) is 0 Å². The second-order valence-corrected chi connectivity index (χ2v) is 2.62. The second-order valence-electron chi connectivity index (χ2n) is 2.62. The van der Waals surface area contributed by atoms with Crippen molar-refractivity contribution in [2.24, 2.45) is 0 Å². The fraction of sp³-hybridized carbons (Fsp3) is 0.444. The molecule has 0 aliphatic carbocycles.